The van der Waals surface area contributed by atoms with Crippen molar-refractivity contribution < 1.29 is 14.6 Å². The van der Waals surface area contributed by atoms with E-state index in [1.54, 1.807) is 13.3 Å². The summed E-state index contributed by atoms with van der Waals surface area (Å²) in [6.07, 6.45) is 6.09. The number of carbonyl (C=O) groups excluding carboxylic acids is 1. The molecular weight excluding hydrogens is 380 g/mol. The molecule has 0 unspecified atom stereocenters. The predicted molar refractivity (Wildman–Crippen MR) is 115 cm³/mol. The number of aliphatic hydroxyl groups is 1. The Morgan fingerprint density at radius 1 is 1.20 bits per heavy atom. The zero-order chi connectivity index (χ0) is 20.9. The van der Waals surface area contributed by atoms with Crippen LogP contribution in [0, 0.1) is 0 Å². The minimum Gasteiger partial charge on any atom is -0.497 e. The van der Waals surface area contributed by atoms with Gasteiger partial charge in [-0.3, -0.25) is 9.89 Å². The number of methoxy groups -OCH3 is 1. The summed E-state index contributed by atoms with van der Waals surface area (Å²) in [6, 6.07) is 13.6. The fraction of sp³-hybridized carbons (Fsp3) is 0.217. The fourth-order valence-corrected chi connectivity index (χ4v) is 3.51. The Labute approximate surface area is 174 Å². The Balaban J connectivity index is 1.61. The van der Waals surface area contributed by atoms with Crippen molar-refractivity contribution in [3.63, 3.8) is 0 Å². The van der Waals surface area contributed by atoms with Crippen molar-refractivity contribution in [1.82, 2.24) is 20.1 Å². The first-order valence-corrected chi connectivity index (χ1v) is 9.83. The molecule has 7 nitrogen and oxygen atoms in total. The van der Waals surface area contributed by atoms with Crippen molar-refractivity contribution in [2.45, 2.75) is 19.5 Å². The van der Waals surface area contributed by atoms with Gasteiger partial charge >= 0.3 is 0 Å². The average Bonchev–Trinajstić information content (AvgIpc) is 3.44. The van der Waals surface area contributed by atoms with Crippen molar-refractivity contribution in [2.24, 2.45) is 0 Å². The zero-order valence-corrected chi connectivity index (χ0v) is 16.8. The highest BCUT2D eigenvalue weighted by atomic mass is 16.5. The van der Waals surface area contributed by atoms with Gasteiger partial charge in [-0.05, 0) is 35.7 Å². The fourth-order valence-electron chi connectivity index (χ4n) is 3.51. The van der Waals surface area contributed by atoms with E-state index >= 15 is 0 Å². The second kappa shape index (κ2) is 8.84. The lowest BCUT2D eigenvalue weighted by Crippen LogP contribution is -2.22. The number of fused-ring (bicyclic) bond motifs is 1. The number of rotatable bonds is 8. The third-order valence-electron chi connectivity index (χ3n) is 5.13. The van der Waals surface area contributed by atoms with Crippen LogP contribution in [-0.4, -0.2) is 39.5 Å². The smallest absolute Gasteiger partial charge is 0.253 e. The van der Waals surface area contributed by atoms with Gasteiger partial charge < -0.3 is 19.7 Å². The van der Waals surface area contributed by atoms with E-state index < -0.39 is 0 Å². The lowest BCUT2D eigenvalue weighted by atomic mass is 10.1. The monoisotopic (exact) mass is 404 g/mol. The molecule has 4 rings (SSSR count). The second-order valence-corrected chi connectivity index (χ2v) is 7.06. The molecule has 7 heteroatoms. The van der Waals surface area contributed by atoms with Gasteiger partial charge in [0.05, 0.1) is 18.9 Å². The highest BCUT2D eigenvalue weighted by molar-refractivity contribution is 6.07. The van der Waals surface area contributed by atoms with E-state index in [2.05, 4.69) is 21.6 Å². The Bertz CT molecular complexity index is 1130. The Hall–Kier alpha value is -3.58. The Kier molecular flexibility index (Phi) is 5.81. The molecule has 0 aliphatic carbocycles. The van der Waals surface area contributed by atoms with E-state index in [-0.39, 0.29) is 12.5 Å². The van der Waals surface area contributed by atoms with Gasteiger partial charge in [-0.25, -0.2) is 0 Å². The lowest BCUT2D eigenvalue weighted by molar-refractivity contribution is 0.0952. The van der Waals surface area contributed by atoms with Crippen LogP contribution in [0.1, 0.15) is 22.3 Å². The lowest BCUT2D eigenvalue weighted by Gasteiger charge is -2.06. The number of aromatic nitrogens is 3. The molecule has 2 aromatic heterocycles. The number of nitrogens with one attached hydrogen (secondary N) is 2. The molecule has 0 saturated carbocycles. The number of nitrogens with zero attached hydrogens (tertiary/aromatic N) is 2. The predicted octanol–water partition coefficient (Wildman–Crippen LogP) is 3.35. The first kappa shape index (κ1) is 19.7. The maximum absolute atomic E-state index is 12.9. The minimum absolute atomic E-state index is 0.0973. The number of ether oxygens (including phenoxy) is 1. The SMILES string of the molecule is COc1ccc(CNC(=O)c2cn(CCCO)c3cc(-c4cn[nH]c4)ccc23)cc1. The maximum Gasteiger partial charge on any atom is 0.253 e. The molecule has 2 heterocycles. The standard InChI is InChI=1S/C23H24N4O3/c1-30-19-6-3-16(4-7-19)12-24-23(29)21-15-27(9-2-10-28)22-11-17(5-8-20(21)22)18-13-25-26-14-18/h3-8,11,13-15,28H,2,9-10,12H2,1H3,(H,24,29)(H,25,26). The second-order valence-electron chi connectivity index (χ2n) is 7.06. The number of aromatic amines is 1. The van der Waals surface area contributed by atoms with Gasteiger partial charge in [0.1, 0.15) is 5.75 Å². The summed E-state index contributed by atoms with van der Waals surface area (Å²) < 4.78 is 7.20. The summed E-state index contributed by atoms with van der Waals surface area (Å²) >= 11 is 0. The molecule has 0 aliphatic rings. The van der Waals surface area contributed by atoms with Crippen LogP contribution in [0.2, 0.25) is 0 Å². The van der Waals surface area contributed by atoms with E-state index in [4.69, 9.17) is 4.74 Å². The number of benzene rings is 2. The molecule has 0 fully saturated rings. The summed E-state index contributed by atoms with van der Waals surface area (Å²) in [5.74, 6) is 0.653. The molecule has 0 bridgehead atoms. The largest absolute Gasteiger partial charge is 0.497 e. The van der Waals surface area contributed by atoms with Crippen molar-refractivity contribution in [3.05, 3.63) is 72.2 Å². The van der Waals surface area contributed by atoms with Crippen LogP contribution in [0.4, 0.5) is 0 Å². The maximum atomic E-state index is 12.9. The van der Waals surface area contributed by atoms with Gasteiger partial charge in [0.25, 0.3) is 5.91 Å². The van der Waals surface area contributed by atoms with Crippen molar-refractivity contribution >= 4 is 16.8 Å². The number of amides is 1. The quantitative estimate of drug-likeness (QED) is 0.420. The van der Waals surface area contributed by atoms with E-state index in [1.807, 2.05) is 53.4 Å². The highest BCUT2D eigenvalue weighted by Crippen LogP contribution is 2.28. The van der Waals surface area contributed by atoms with Gasteiger partial charge in [-0.1, -0.05) is 24.3 Å². The molecule has 3 N–H and O–H groups in total. The highest BCUT2D eigenvalue weighted by Gasteiger charge is 2.16. The average molecular weight is 404 g/mol. The zero-order valence-electron chi connectivity index (χ0n) is 16.8. The summed E-state index contributed by atoms with van der Waals surface area (Å²) in [6.45, 7) is 1.16. The van der Waals surface area contributed by atoms with Crippen LogP contribution in [0.25, 0.3) is 22.0 Å². The number of hydrogen-bond acceptors (Lipinski definition) is 4. The number of H-pyrrole nitrogens is 1. The van der Waals surface area contributed by atoms with Gasteiger partial charge in [0, 0.05) is 48.6 Å². The Morgan fingerprint density at radius 3 is 2.73 bits per heavy atom. The summed E-state index contributed by atoms with van der Waals surface area (Å²) in [4.78, 5) is 12.9. The number of aliphatic hydroxyl groups excluding tert-OH is 1. The first-order chi connectivity index (χ1) is 14.7. The molecule has 30 heavy (non-hydrogen) atoms. The summed E-state index contributed by atoms with van der Waals surface area (Å²) in [5.41, 5.74) is 4.57. The van der Waals surface area contributed by atoms with Gasteiger partial charge in [0.2, 0.25) is 0 Å². The molecule has 154 valence electrons. The molecule has 4 aromatic rings. The third-order valence-corrected chi connectivity index (χ3v) is 5.13. The van der Waals surface area contributed by atoms with Gasteiger partial charge in [-0.2, -0.15) is 5.10 Å². The normalized spacial score (nSPS) is 11.0. The van der Waals surface area contributed by atoms with E-state index in [0.717, 1.165) is 33.3 Å². The molecule has 0 atom stereocenters. The van der Waals surface area contributed by atoms with E-state index in [1.165, 1.54) is 0 Å². The first-order valence-electron chi connectivity index (χ1n) is 9.83. The molecule has 0 aliphatic heterocycles. The minimum atomic E-state index is -0.130. The topological polar surface area (TPSA) is 92.2 Å². The molecular formula is C23H24N4O3. The molecule has 1 amide bonds. The summed E-state index contributed by atoms with van der Waals surface area (Å²) in [7, 11) is 1.63. The van der Waals surface area contributed by atoms with E-state index in [0.29, 0.717) is 25.1 Å². The van der Waals surface area contributed by atoms with Crippen molar-refractivity contribution in [2.75, 3.05) is 13.7 Å². The third kappa shape index (κ3) is 4.06. The van der Waals surface area contributed by atoms with Crippen molar-refractivity contribution in [1.29, 1.82) is 0 Å². The van der Waals surface area contributed by atoms with Crippen LogP contribution >= 0.6 is 0 Å². The van der Waals surface area contributed by atoms with E-state index in [9.17, 15) is 9.90 Å². The van der Waals surface area contributed by atoms with Crippen LogP contribution in [0.5, 0.6) is 5.75 Å². The number of aryl methyl sites for hydroxylation is 1. The molecule has 0 saturated heterocycles. The van der Waals surface area contributed by atoms with Gasteiger partial charge in [0.15, 0.2) is 0 Å². The Morgan fingerprint density at radius 2 is 2.03 bits per heavy atom. The number of hydrogen-bond donors (Lipinski definition) is 3. The molecule has 0 spiro atoms. The summed E-state index contributed by atoms with van der Waals surface area (Å²) in [5, 5.41) is 20.0. The van der Waals surface area contributed by atoms with Crippen LogP contribution in [0.15, 0.2) is 61.1 Å². The van der Waals surface area contributed by atoms with Crippen LogP contribution < -0.4 is 10.1 Å². The van der Waals surface area contributed by atoms with Crippen LogP contribution in [0.3, 0.4) is 0 Å². The van der Waals surface area contributed by atoms with Gasteiger partial charge in [-0.15, -0.1) is 0 Å². The molecule has 2 aromatic carbocycles. The number of carbonyl (C=O) groups is 1. The van der Waals surface area contributed by atoms with Crippen LogP contribution in [-0.2, 0) is 13.1 Å². The van der Waals surface area contributed by atoms with Crippen molar-refractivity contribution in [3.8, 4) is 16.9 Å². The molecule has 0 radical (unpaired) electrons.